The van der Waals surface area contributed by atoms with E-state index in [0.29, 0.717) is 49.7 Å². The van der Waals surface area contributed by atoms with Gasteiger partial charge in [-0.15, -0.1) is 0 Å². The summed E-state index contributed by atoms with van der Waals surface area (Å²) in [6.45, 7) is 5.79. The number of hydrogen-bond acceptors (Lipinski definition) is 8. The molecule has 2 unspecified atom stereocenters. The highest BCUT2D eigenvalue weighted by Crippen LogP contribution is 2.27. The number of ether oxygens (including phenoxy) is 1. The number of hydrogen-bond donors (Lipinski definition) is 3. The fourth-order valence-corrected chi connectivity index (χ4v) is 4.87. The normalized spacial score (nSPS) is 25.6. The Morgan fingerprint density at radius 1 is 1.32 bits per heavy atom. The molecule has 0 aromatic heterocycles. The number of amides is 1. The molecule has 3 aliphatic heterocycles. The minimum Gasteiger partial charge on any atom is -0.462 e. The Balaban J connectivity index is 1.44. The fourth-order valence-electron chi connectivity index (χ4n) is 4.87. The van der Waals surface area contributed by atoms with Crippen LogP contribution in [0.5, 0.6) is 0 Å². The highest BCUT2D eigenvalue weighted by atomic mass is 19.1. The molecule has 184 valence electrons. The number of carbonyl (C=O) groups is 2. The second-order valence-electron chi connectivity index (χ2n) is 8.91. The standard InChI is InChI=1S/C24H33FN6O3/c1-3-34-24(33)16-7-4-8-17(13-16)29-19-10-6-12-31(23(19)32)18-9-5-11-30(14-18)22-20(25)21(26)27-15(2)28-22/h4,7-8,13,15,18-19,28-29H,3,5-6,9-12,14H2,1-2H3,(H2,26,27)/t15?,18-,19?/m1/s1. The van der Waals surface area contributed by atoms with E-state index in [0.717, 1.165) is 19.3 Å². The van der Waals surface area contributed by atoms with Gasteiger partial charge in [0.2, 0.25) is 11.7 Å². The van der Waals surface area contributed by atoms with Crippen LogP contribution in [0.15, 0.2) is 40.9 Å². The van der Waals surface area contributed by atoms with Crippen molar-refractivity contribution in [3.8, 4) is 0 Å². The van der Waals surface area contributed by atoms with Crippen LogP contribution < -0.4 is 16.4 Å². The highest BCUT2D eigenvalue weighted by molar-refractivity contribution is 5.96. The molecule has 9 nitrogen and oxygen atoms in total. The number of piperidine rings is 2. The quantitative estimate of drug-likeness (QED) is 0.544. The Hall–Kier alpha value is -3.30. The number of esters is 1. The van der Waals surface area contributed by atoms with Crippen molar-refractivity contribution in [3.05, 3.63) is 41.5 Å². The largest absolute Gasteiger partial charge is 0.462 e. The second-order valence-corrected chi connectivity index (χ2v) is 8.91. The molecule has 0 spiro atoms. The van der Waals surface area contributed by atoms with Gasteiger partial charge >= 0.3 is 5.97 Å². The van der Waals surface area contributed by atoms with Gasteiger partial charge in [-0.2, -0.15) is 4.39 Å². The number of halogens is 1. The third-order valence-electron chi connectivity index (χ3n) is 6.45. The molecule has 3 heterocycles. The number of anilines is 1. The summed E-state index contributed by atoms with van der Waals surface area (Å²) in [6, 6.07) is 6.62. The summed E-state index contributed by atoms with van der Waals surface area (Å²) in [7, 11) is 0. The molecule has 1 aromatic rings. The number of nitrogens with one attached hydrogen (secondary N) is 2. The van der Waals surface area contributed by atoms with Gasteiger partial charge in [-0.25, -0.2) is 9.79 Å². The van der Waals surface area contributed by atoms with Gasteiger partial charge in [-0.1, -0.05) is 6.07 Å². The molecule has 3 atom stereocenters. The maximum atomic E-state index is 14.7. The first-order chi connectivity index (χ1) is 16.4. The molecule has 0 bridgehead atoms. The van der Waals surface area contributed by atoms with E-state index in [-0.39, 0.29) is 36.0 Å². The van der Waals surface area contributed by atoms with Crippen molar-refractivity contribution < 1.29 is 18.7 Å². The first-order valence-electron chi connectivity index (χ1n) is 12.0. The van der Waals surface area contributed by atoms with Gasteiger partial charge in [0.15, 0.2) is 5.84 Å². The number of amidine groups is 1. The summed E-state index contributed by atoms with van der Waals surface area (Å²) in [6.07, 6.45) is 2.98. The summed E-state index contributed by atoms with van der Waals surface area (Å²) >= 11 is 0. The van der Waals surface area contributed by atoms with Gasteiger partial charge in [0, 0.05) is 31.4 Å². The predicted octanol–water partition coefficient (Wildman–Crippen LogP) is 2.18. The van der Waals surface area contributed by atoms with Crippen LogP contribution in [-0.4, -0.2) is 72.0 Å². The Morgan fingerprint density at radius 3 is 2.91 bits per heavy atom. The molecule has 3 aliphatic rings. The Bertz CT molecular complexity index is 997. The zero-order chi connectivity index (χ0) is 24.2. The fraction of sp³-hybridized carbons (Fsp3) is 0.542. The van der Waals surface area contributed by atoms with E-state index in [9.17, 15) is 14.0 Å². The number of carbonyl (C=O) groups excluding carboxylic acids is 2. The zero-order valence-electron chi connectivity index (χ0n) is 19.7. The molecule has 10 heteroatoms. The minimum atomic E-state index is -0.537. The first-order valence-corrected chi connectivity index (χ1v) is 12.0. The highest BCUT2D eigenvalue weighted by Gasteiger charge is 2.37. The first kappa shape index (κ1) is 23.8. The van der Waals surface area contributed by atoms with Crippen LogP contribution in [0.25, 0.3) is 0 Å². The molecule has 2 fully saturated rings. The van der Waals surface area contributed by atoms with E-state index >= 15 is 0 Å². The predicted molar refractivity (Wildman–Crippen MR) is 128 cm³/mol. The van der Waals surface area contributed by atoms with E-state index in [1.165, 1.54) is 0 Å². The van der Waals surface area contributed by atoms with Gasteiger partial charge in [0.05, 0.1) is 12.2 Å². The van der Waals surface area contributed by atoms with Crippen molar-refractivity contribution in [2.24, 2.45) is 10.7 Å². The van der Waals surface area contributed by atoms with E-state index in [1.807, 2.05) is 22.8 Å². The number of nitrogens with two attached hydrogens (primary N) is 1. The van der Waals surface area contributed by atoms with Crippen LogP contribution in [-0.2, 0) is 9.53 Å². The van der Waals surface area contributed by atoms with Crippen LogP contribution >= 0.6 is 0 Å². The monoisotopic (exact) mass is 472 g/mol. The molecule has 4 N–H and O–H groups in total. The number of likely N-dealkylation sites (tertiary alicyclic amines) is 2. The number of aliphatic imine (C=N–C) groups is 1. The number of nitrogens with zero attached hydrogens (tertiary/aromatic N) is 3. The Morgan fingerprint density at radius 2 is 2.12 bits per heavy atom. The molecule has 1 aromatic carbocycles. The Labute approximate surface area is 199 Å². The number of rotatable bonds is 6. The minimum absolute atomic E-state index is 0.0192. The van der Waals surface area contributed by atoms with Crippen molar-refractivity contribution in [1.29, 1.82) is 0 Å². The van der Waals surface area contributed by atoms with Crippen LogP contribution in [0.1, 0.15) is 49.9 Å². The van der Waals surface area contributed by atoms with Crippen LogP contribution in [0.4, 0.5) is 10.1 Å². The van der Waals surface area contributed by atoms with E-state index in [4.69, 9.17) is 10.5 Å². The average Bonchev–Trinajstić information content (AvgIpc) is 2.83. The van der Waals surface area contributed by atoms with Crippen LogP contribution in [0.2, 0.25) is 0 Å². The molecule has 0 aliphatic carbocycles. The van der Waals surface area contributed by atoms with Crippen molar-refractivity contribution in [2.45, 2.75) is 57.8 Å². The lowest BCUT2D eigenvalue weighted by molar-refractivity contribution is -0.137. The third-order valence-corrected chi connectivity index (χ3v) is 6.45. The van der Waals surface area contributed by atoms with Gasteiger partial charge in [-0.05, 0) is 57.7 Å². The van der Waals surface area contributed by atoms with Crippen molar-refractivity contribution in [2.75, 3.05) is 31.6 Å². The van der Waals surface area contributed by atoms with Crippen LogP contribution in [0, 0.1) is 0 Å². The number of benzene rings is 1. The smallest absolute Gasteiger partial charge is 0.338 e. The SMILES string of the molecule is CCOC(=O)c1cccc(NC2CCCN([C@@H]3CCCN(C4=C(F)C(N)=NC(C)N4)C3)C2=O)c1. The molecular formula is C24H33FN6O3. The van der Waals surface area contributed by atoms with Crippen LogP contribution in [0.3, 0.4) is 0 Å². The average molecular weight is 473 g/mol. The molecule has 2 saturated heterocycles. The van der Waals surface area contributed by atoms with Gasteiger partial charge in [-0.3, -0.25) is 4.79 Å². The molecular weight excluding hydrogens is 439 g/mol. The maximum Gasteiger partial charge on any atom is 0.338 e. The zero-order valence-corrected chi connectivity index (χ0v) is 19.7. The third kappa shape index (κ3) is 5.10. The molecule has 0 radical (unpaired) electrons. The van der Waals surface area contributed by atoms with Crippen molar-refractivity contribution >= 4 is 23.4 Å². The van der Waals surface area contributed by atoms with Crippen molar-refractivity contribution in [1.82, 2.24) is 15.1 Å². The lowest BCUT2D eigenvalue weighted by atomic mass is 9.97. The van der Waals surface area contributed by atoms with E-state index in [2.05, 4.69) is 15.6 Å². The van der Waals surface area contributed by atoms with Crippen molar-refractivity contribution in [3.63, 3.8) is 0 Å². The van der Waals surface area contributed by atoms with Gasteiger partial charge in [0.1, 0.15) is 18.0 Å². The summed E-state index contributed by atoms with van der Waals surface area (Å²) in [5.74, 6) is -0.626. The summed E-state index contributed by atoms with van der Waals surface area (Å²) < 4.78 is 19.8. The lowest BCUT2D eigenvalue weighted by Gasteiger charge is -2.44. The second kappa shape index (κ2) is 10.3. The Kier molecular flexibility index (Phi) is 7.23. The molecule has 4 rings (SSSR count). The van der Waals surface area contributed by atoms with E-state index in [1.54, 1.807) is 25.1 Å². The molecule has 1 amide bonds. The molecule has 34 heavy (non-hydrogen) atoms. The van der Waals surface area contributed by atoms with Gasteiger partial charge in [0.25, 0.3) is 0 Å². The lowest BCUT2D eigenvalue weighted by Crippen LogP contribution is -2.57. The molecule has 0 saturated carbocycles. The maximum absolute atomic E-state index is 14.7. The topological polar surface area (TPSA) is 112 Å². The summed E-state index contributed by atoms with van der Waals surface area (Å²) in [5, 5.41) is 6.38. The summed E-state index contributed by atoms with van der Waals surface area (Å²) in [5.41, 5.74) is 6.90. The summed E-state index contributed by atoms with van der Waals surface area (Å²) in [4.78, 5) is 33.4. The van der Waals surface area contributed by atoms with Gasteiger partial charge < -0.3 is 30.9 Å². The van der Waals surface area contributed by atoms with E-state index < -0.39 is 5.83 Å².